The molecule has 2 aromatic rings. The Morgan fingerprint density at radius 3 is 2.48 bits per heavy atom. The molecule has 1 atom stereocenters. The third-order valence-corrected chi connectivity index (χ3v) is 4.73. The van der Waals surface area contributed by atoms with Crippen LogP contribution in [0.3, 0.4) is 0 Å². The number of hydrogen-bond acceptors (Lipinski definition) is 3. The second-order valence-electron chi connectivity index (χ2n) is 4.64. The SMILES string of the molecule is CNc1ccccc1S(=O)(=O)NC(C)c1cccc(F)c1. The van der Waals surface area contributed by atoms with Crippen LogP contribution in [0.4, 0.5) is 10.1 Å². The van der Waals surface area contributed by atoms with Gasteiger partial charge in [-0.05, 0) is 36.8 Å². The molecule has 0 saturated heterocycles. The molecule has 0 fully saturated rings. The maximum absolute atomic E-state index is 13.2. The molecule has 0 radical (unpaired) electrons. The van der Waals surface area contributed by atoms with E-state index in [0.29, 0.717) is 11.3 Å². The van der Waals surface area contributed by atoms with Gasteiger partial charge in [0.1, 0.15) is 10.7 Å². The van der Waals surface area contributed by atoms with Crippen molar-refractivity contribution in [2.75, 3.05) is 12.4 Å². The van der Waals surface area contributed by atoms with Crippen LogP contribution in [0.25, 0.3) is 0 Å². The molecule has 112 valence electrons. The highest BCUT2D eigenvalue weighted by atomic mass is 32.2. The maximum atomic E-state index is 13.2. The van der Waals surface area contributed by atoms with E-state index in [1.165, 1.54) is 18.2 Å². The van der Waals surface area contributed by atoms with Crippen molar-refractivity contribution in [2.24, 2.45) is 0 Å². The Kier molecular flexibility index (Phi) is 4.59. The van der Waals surface area contributed by atoms with Crippen LogP contribution in [0.15, 0.2) is 53.4 Å². The summed E-state index contributed by atoms with van der Waals surface area (Å²) in [6.45, 7) is 1.67. The molecule has 2 aromatic carbocycles. The third-order valence-electron chi connectivity index (χ3n) is 3.13. The first-order chi connectivity index (χ1) is 9.94. The van der Waals surface area contributed by atoms with Gasteiger partial charge >= 0.3 is 0 Å². The molecule has 0 saturated carbocycles. The maximum Gasteiger partial charge on any atom is 0.243 e. The Morgan fingerprint density at radius 2 is 1.81 bits per heavy atom. The predicted molar refractivity (Wildman–Crippen MR) is 81.1 cm³/mol. The van der Waals surface area contributed by atoms with E-state index < -0.39 is 21.9 Å². The zero-order chi connectivity index (χ0) is 15.5. The highest BCUT2D eigenvalue weighted by molar-refractivity contribution is 7.89. The fraction of sp³-hybridized carbons (Fsp3) is 0.200. The molecule has 0 aliphatic carbocycles. The minimum Gasteiger partial charge on any atom is -0.387 e. The molecule has 0 bridgehead atoms. The summed E-state index contributed by atoms with van der Waals surface area (Å²) in [6, 6.07) is 11.9. The molecule has 21 heavy (non-hydrogen) atoms. The monoisotopic (exact) mass is 308 g/mol. The third kappa shape index (κ3) is 3.59. The Bertz CT molecular complexity index is 732. The van der Waals surface area contributed by atoms with Gasteiger partial charge in [-0.15, -0.1) is 0 Å². The van der Waals surface area contributed by atoms with Gasteiger partial charge in [0.2, 0.25) is 10.0 Å². The van der Waals surface area contributed by atoms with E-state index in [2.05, 4.69) is 10.0 Å². The molecule has 4 nitrogen and oxygen atoms in total. The van der Waals surface area contributed by atoms with Gasteiger partial charge < -0.3 is 5.32 Å². The molecule has 0 aromatic heterocycles. The number of hydrogen-bond donors (Lipinski definition) is 2. The average molecular weight is 308 g/mol. The minimum absolute atomic E-state index is 0.163. The summed E-state index contributed by atoms with van der Waals surface area (Å²) in [4.78, 5) is 0.163. The smallest absolute Gasteiger partial charge is 0.243 e. The Balaban J connectivity index is 2.29. The molecule has 0 amide bonds. The van der Waals surface area contributed by atoms with Crippen LogP contribution >= 0.6 is 0 Å². The van der Waals surface area contributed by atoms with Gasteiger partial charge in [-0.2, -0.15) is 0 Å². The second kappa shape index (κ2) is 6.24. The molecule has 0 spiro atoms. The highest BCUT2D eigenvalue weighted by Crippen LogP contribution is 2.23. The molecule has 2 N–H and O–H groups in total. The fourth-order valence-corrected chi connectivity index (χ4v) is 3.49. The van der Waals surface area contributed by atoms with E-state index in [0.717, 1.165) is 0 Å². The van der Waals surface area contributed by atoms with Crippen molar-refractivity contribution in [1.82, 2.24) is 4.72 Å². The second-order valence-corrected chi connectivity index (χ2v) is 6.33. The minimum atomic E-state index is -3.70. The van der Waals surface area contributed by atoms with E-state index in [4.69, 9.17) is 0 Å². The van der Waals surface area contributed by atoms with Gasteiger partial charge in [-0.25, -0.2) is 17.5 Å². The van der Waals surface area contributed by atoms with Crippen LogP contribution in [-0.2, 0) is 10.0 Å². The molecule has 2 rings (SSSR count). The number of anilines is 1. The van der Waals surface area contributed by atoms with Crippen molar-refractivity contribution in [3.8, 4) is 0 Å². The summed E-state index contributed by atoms with van der Waals surface area (Å²) >= 11 is 0. The topological polar surface area (TPSA) is 58.2 Å². The zero-order valence-corrected chi connectivity index (χ0v) is 12.6. The summed E-state index contributed by atoms with van der Waals surface area (Å²) in [6.07, 6.45) is 0. The molecule has 6 heteroatoms. The van der Waals surface area contributed by atoms with Crippen LogP contribution in [-0.4, -0.2) is 15.5 Å². The van der Waals surface area contributed by atoms with Gasteiger partial charge in [0.15, 0.2) is 0 Å². The summed E-state index contributed by atoms with van der Waals surface area (Å²) in [5, 5.41) is 2.84. The summed E-state index contributed by atoms with van der Waals surface area (Å²) < 4.78 is 40.6. The van der Waals surface area contributed by atoms with E-state index in [9.17, 15) is 12.8 Å². The van der Waals surface area contributed by atoms with Crippen molar-refractivity contribution < 1.29 is 12.8 Å². The van der Waals surface area contributed by atoms with Gasteiger partial charge in [-0.3, -0.25) is 0 Å². The Labute approximate surface area is 124 Å². The highest BCUT2D eigenvalue weighted by Gasteiger charge is 2.21. The van der Waals surface area contributed by atoms with Crippen molar-refractivity contribution in [2.45, 2.75) is 17.9 Å². The number of halogens is 1. The fourth-order valence-electron chi connectivity index (χ4n) is 2.05. The van der Waals surface area contributed by atoms with E-state index in [1.807, 2.05) is 0 Å². The lowest BCUT2D eigenvalue weighted by molar-refractivity contribution is 0.565. The number of para-hydroxylation sites is 1. The molecular weight excluding hydrogens is 291 g/mol. The van der Waals surface area contributed by atoms with Gasteiger partial charge in [0, 0.05) is 13.1 Å². The Morgan fingerprint density at radius 1 is 1.10 bits per heavy atom. The van der Waals surface area contributed by atoms with Crippen molar-refractivity contribution in [3.63, 3.8) is 0 Å². The molecule has 1 unspecified atom stereocenters. The van der Waals surface area contributed by atoms with Crippen molar-refractivity contribution in [3.05, 3.63) is 59.9 Å². The first-order valence-electron chi connectivity index (χ1n) is 6.48. The summed E-state index contributed by atoms with van der Waals surface area (Å²) in [7, 11) is -2.04. The van der Waals surface area contributed by atoms with Crippen molar-refractivity contribution >= 4 is 15.7 Å². The predicted octanol–water partition coefficient (Wildman–Crippen LogP) is 2.91. The lowest BCUT2D eigenvalue weighted by atomic mass is 10.1. The van der Waals surface area contributed by atoms with E-state index in [-0.39, 0.29) is 4.90 Å². The number of nitrogens with one attached hydrogen (secondary N) is 2. The number of rotatable bonds is 5. The van der Waals surface area contributed by atoms with Crippen LogP contribution in [0.5, 0.6) is 0 Å². The molecule has 0 aliphatic rings. The molecular formula is C15H17FN2O2S. The molecule has 0 heterocycles. The first kappa shape index (κ1) is 15.5. The van der Waals surface area contributed by atoms with Crippen LogP contribution < -0.4 is 10.0 Å². The number of sulfonamides is 1. The lowest BCUT2D eigenvalue weighted by Gasteiger charge is -2.16. The normalized spacial score (nSPS) is 12.9. The van der Waals surface area contributed by atoms with Gasteiger partial charge in [0.05, 0.1) is 5.69 Å². The van der Waals surface area contributed by atoms with Gasteiger partial charge in [0.25, 0.3) is 0 Å². The van der Waals surface area contributed by atoms with Crippen LogP contribution in [0.1, 0.15) is 18.5 Å². The first-order valence-corrected chi connectivity index (χ1v) is 7.97. The zero-order valence-electron chi connectivity index (χ0n) is 11.8. The number of benzene rings is 2. The van der Waals surface area contributed by atoms with Crippen LogP contribution in [0.2, 0.25) is 0 Å². The van der Waals surface area contributed by atoms with Crippen molar-refractivity contribution in [1.29, 1.82) is 0 Å². The Hall–Kier alpha value is -1.92. The largest absolute Gasteiger partial charge is 0.387 e. The summed E-state index contributed by atoms with van der Waals surface area (Å²) in [5.74, 6) is -0.394. The molecule has 0 aliphatic heterocycles. The summed E-state index contributed by atoms with van der Waals surface area (Å²) in [5.41, 5.74) is 1.08. The quantitative estimate of drug-likeness (QED) is 0.893. The standard InChI is InChI=1S/C15H17FN2O2S/c1-11(12-6-5-7-13(16)10-12)18-21(19,20)15-9-4-3-8-14(15)17-2/h3-11,17-18H,1-2H3. The van der Waals surface area contributed by atoms with Crippen LogP contribution in [0, 0.1) is 5.82 Å². The van der Waals surface area contributed by atoms with Gasteiger partial charge in [-0.1, -0.05) is 24.3 Å². The average Bonchev–Trinajstić information content (AvgIpc) is 2.46. The van der Waals surface area contributed by atoms with E-state index >= 15 is 0 Å². The van der Waals surface area contributed by atoms with E-state index in [1.54, 1.807) is 44.3 Å². The lowest BCUT2D eigenvalue weighted by Crippen LogP contribution is -2.27.